The minimum Gasteiger partial charge on any atom is -0.350 e. The molecule has 2 unspecified atom stereocenters. The number of carbonyl (C=O) groups excluding carboxylic acids is 2. The van der Waals surface area contributed by atoms with Crippen molar-refractivity contribution in [2.24, 2.45) is 0 Å². The van der Waals surface area contributed by atoms with E-state index in [0.29, 0.717) is 5.56 Å². The van der Waals surface area contributed by atoms with Gasteiger partial charge in [0.2, 0.25) is 5.91 Å². The number of hydrogen-bond acceptors (Lipinski definition) is 3. The molecule has 0 aliphatic carbocycles. The molecule has 2 amide bonds. The Morgan fingerprint density at radius 1 is 1.07 bits per heavy atom. The van der Waals surface area contributed by atoms with Crippen molar-refractivity contribution in [3.63, 3.8) is 0 Å². The third kappa shape index (κ3) is 5.92. The number of benzene rings is 2. The molecule has 1 aliphatic rings. The average Bonchev–Trinajstić information content (AvgIpc) is 3.14. The van der Waals surface area contributed by atoms with E-state index in [-0.39, 0.29) is 23.3 Å². The van der Waals surface area contributed by atoms with Gasteiger partial charge in [-0.3, -0.25) is 14.5 Å². The van der Waals surface area contributed by atoms with Crippen LogP contribution in [0.1, 0.15) is 55.6 Å². The summed E-state index contributed by atoms with van der Waals surface area (Å²) in [4.78, 5) is 27.4. The maximum atomic E-state index is 12.6. The fourth-order valence-corrected chi connectivity index (χ4v) is 3.73. The SMILES string of the molecule is CC(NC(=O)c1ccc(C(C)(C)C)cc1)C(=O)NC1CCN(Cc2ccccc2)C1. The highest BCUT2D eigenvalue weighted by atomic mass is 16.2. The molecule has 1 aliphatic heterocycles. The first-order valence-electron chi connectivity index (χ1n) is 10.7. The van der Waals surface area contributed by atoms with Crippen LogP contribution >= 0.6 is 0 Å². The first-order valence-corrected chi connectivity index (χ1v) is 10.7. The van der Waals surface area contributed by atoms with Crippen molar-refractivity contribution in [1.29, 1.82) is 0 Å². The fraction of sp³-hybridized carbons (Fsp3) is 0.440. The Hall–Kier alpha value is -2.66. The topological polar surface area (TPSA) is 61.4 Å². The van der Waals surface area contributed by atoms with Crippen LogP contribution in [0.2, 0.25) is 0 Å². The van der Waals surface area contributed by atoms with Crippen molar-refractivity contribution in [3.8, 4) is 0 Å². The van der Waals surface area contributed by atoms with Crippen molar-refractivity contribution < 1.29 is 9.59 Å². The zero-order valence-electron chi connectivity index (χ0n) is 18.4. The molecule has 3 rings (SSSR count). The van der Waals surface area contributed by atoms with Gasteiger partial charge in [-0.25, -0.2) is 0 Å². The van der Waals surface area contributed by atoms with Crippen LogP contribution in [0.5, 0.6) is 0 Å². The van der Waals surface area contributed by atoms with E-state index in [9.17, 15) is 9.59 Å². The first kappa shape index (κ1) is 22.0. The Kier molecular flexibility index (Phi) is 6.93. The first-order chi connectivity index (χ1) is 14.2. The fourth-order valence-electron chi connectivity index (χ4n) is 3.73. The lowest BCUT2D eigenvalue weighted by molar-refractivity contribution is -0.123. The lowest BCUT2D eigenvalue weighted by atomic mass is 9.86. The number of amides is 2. The van der Waals surface area contributed by atoms with E-state index in [1.807, 2.05) is 42.5 Å². The molecule has 1 heterocycles. The minimum absolute atomic E-state index is 0.0395. The molecule has 0 saturated carbocycles. The van der Waals surface area contributed by atoms with E-state index in [2.05, 4.69) is 48.4 Å². The molecule has 1 saturated heterocycles. The molecule has 5 heteroatoms. The second-order valence-corrected chi connectivity index (χ2v) is 9.24. The van der Waals surface area contributed by atoms with Gasteiger partial charge >= 0.3 is 0 Å². The van der Waals surface area contributed by atoms with Crippen LogP contribution in [0.15, 0.2) is 54.6 Å². The van der Waals surface area contributed by atoms with E-state index in [1.165, 1.54) is 11.1 Å². The molecule has 0 bridgehead atoms. The van der Waals surface area contributed by atoms with Crippen molar-refractivity contribution >= 4 is 11.8 Å². The number of likely N-dealkylation sites (tertiary alicyclic amines) is 1. The zero-order chi connectivity index (χ0) is 21.7. The summed E-state index contributed by atoms with van der Waals surface area (Å²) in [5.74, 6) is -0.364. The summed E-state index contributed by atoms with van der Waals surface area (Å²) in [6.07, 6.45) is 0.924. The predicted octanol–water partition coefficient (Wildman–Crippen LogP) is 3.49. The van der Waals surface area contributed by atoms with Crippen molar-refractivity contribution in [2.75, 3.05) is 13.1 Å². The molecule has 5 nitrogen and oxygen atoms in total. The Bertz CT molecular complexity index is 856. The summed E-state index contributed by atoms with van der Waals surface area (Å²) in [5, 5.41) is 5.90. The van der Waals surface area contributed by atoms with E-state index >= 15 is 0 Å². The lowest BCUT2D eigenvalue weighted by Gasteiger charge is -2.20. The van der Waals surface area contributed by atoms with Crippen LogP contribution < -0.4 is 10.6 Å². The largest absolute Gasteiger partial charge is 0.350 e. The van der Waals surface area contributed by atoms with E-state index in [1.54, 1.807) is 6.92 Å². The third-order valence-corrected chi connectivity index (χ3v) is 5.62. The normalized spacial score (nSPS) is 18.1. The van der Waals surface area contributed by atoms with Crippen molar-refractivity contribution in [1.82, 2.24) is 15.5 Å². The molecule has 30 heavy (non-hydrogen) atoms. The molecular formula is C25H33N3O2. The maximum absolute atomic E-state index is 12.6. The van der Waals surface area contributed by atoms with Gasteiger partial charge in [-0.15, -0.1) is 0 Å². The van der Waals surface area contributed by atoms with E-state index in [4.69, 9.17) is 0 Å². The molecule has 160 valence electrons. The van der Waals surface area contributed by atoms with Gasteiger partial charge in [0.05, 0.1) is 0 Å². The maximum Gasteiger partial charge on any atom is 0.251 e. The summed E-state index contributed by atoms with van der Waals surface area (Å²) in [7, 11) is 0. The molecule has 0 aromatic heterocycles. The van der Waals surface area contributed by atoms with Crippen LogP contribution in [-0.4, -0.2) is 41.9 Å². The second kappa shape index (κ2) is 9.43. The number of hydrogen-bond donors (Lipinski definition) is 2. The molecule has 2 aromatic carbocycles. The smallest absolute Gasteiger partial charge is 0.251 e. The number of nitrogens with one attached hydrogen (secondary N) is 2. The van der Waals surface area contributed by atoms with Crippen LogP contribution in [-0.2, 0) is 16.8 Å². The number of rotatable bonds is 6. The summed E-state index contributed by atoms with van der Waals surface area (Å²) in [5.41, 5.74) is 3.06. The van der Waals surface area contributed by atoms with Crippen molar-refractivity contribution in [3.05, 3.63) is 71.3 Å². The Morgan fingerprint density at radius 2 is 1.73 bits per heavy atom. The van der Waals surface area contributed by atoms with Crippen LogP contribution in [0, 0.1) is 0 Å². The zero-order valence-corrected chi connectivity index (χ0v) is 18.4. The monoisotopic (exact) mass is 407 g/mol. The molecule has 2 atom stereocenters. The van der Waals surface area contributed by atoms with Gasteiger partial charge in [0, 0.05) is 31.2 Å². The van der Waals surface area contributed by atoms with Gasteiger partial charge in [0.15, 0.2) is 0 Å². The summed E-state index contributed by atoms with van der Waals surface area (Å²) >= 11 is 0. The highest BCUT2D eigenvalue weighted by Crippen LogP contribution is 2.22. The molecule has 0 spiro atoms. The predicted molar refractivity (Wildman–Crippen MR) is 120 cm³/mol. The number of nitrogens with zero attached hydrogens (tertiary/aromatic N) is 1. The highest BCUT2D eigenvalue weighted by molar-refractivity contribution is 5.97. The summed E-state index contributed by atoms with van der Waals surface area (Å²) < 4.78 is 0. The van der Waals surface area contributed by atoms with E-state index < -0.39 is 6.04 Å². The molecular weight excluding hydrogens is 374 g/mol. The van der Waals surface area contributed by atoms with Gasteiger partial charge in [0.25, 0.3) is 5.91 Å². The minimum atomic E-state index is -0.581. The quantitative estimate of drug-likeness (QED) is 0.771. The van der Waals surface area contributed by atoms with Crippen LogP contribution in [0.3, 0.4) is 0 Å². The Labute approximate surface area is 179 Å². The highest BCUT2D eigenvalue weighted by Gasteiger charge is 2.26. The Morgan fingerprint density at radius 3 is 2.37 bits per heavy atom. The van der Waals surface area contributed by atoms with Gasteiger partial charge in [0.1, 0.15) is 6.04 Å². The summed E-state index contributed by atoms with van der Waals surface area (Å²) in [6, 6.07) is 17.5. The molecule has 0 radical (unpaired) electrons. The van der Waals surface area contributed by atoms with Gasteiger partial charge < -0.3 is 10.6 Å². The number of carbonyl (C=O) groups is 2. The van der Waals surface area contributed by atoms with Crippen molar-refractivity contribution in [2.45, 2.75) is 58.2 Å². The van der Waals surface area contributed by atoms with Crippen LogP contribution in [0.25, 0.3) is 0 Å². The lowest BCUT2D eigenvalue weighted by Crippen LogP contribution is -2.48. The van der Waals surface area contributed by atoms with E-state index in [0.717, 1.165) is 26.1 Å². The standard InChI is InChI=1S/C25H33N3O2/c1-18(26-24(30)20-10-12-21(13-11-20)25(2,3)4)23(29)27-22-14-15-28(17-22)16-19-8-6-5-7-9-19/h5-13,18,22H,14-17H2,1-4H3,(H,26,30)(H,27,29). The van der Waals surface area contributed by atoms with Gasteiger partial charge in [-0.1, -0.05) is 63.2 Å². The second-order valence-electron chi connectivity index (χ2n) is 9.24. The van der Waals surface area contributed by atoms with Gasteiger partial charge in [-0.2, -0.15) is 0 Å². The molecule has 2 aromatic rings. The average molecular weight is 408 g/mol. The Balaban J connectivity index is 1.47. The summed E-state index contributed by atoms with van der Waals surface area (Å²) in [6.45, 7) is 10.8. The third-order valence-electron chi connectivity index (χ3n) is 5.62. The van der Waals surface area contributed by atoms with Gasteiger partial charge in [-0.05, 0) is 42.0 Å². The molecule has 2 N–H and O–H groups in total. The van der Waals surface area contributed by atoms with Crippen LogP contribution in [0.4, 0.5) is 0 Å². The molecule has 1 fully saturated rings.